The van der Waals surface area contributed by atoms with Gasteiger partial charge in [-0.1, -0.05) is 66.2 Å². The zero-order valence-electron chi connectivity index (χ0n) is 33.8. The molecular weight excluding hydrogens is 881 g/mol. The minimum atomic E-state index is -6.07. The van der Waals surface area contributed by atoms with E-state index in [9.17, 15) is 34.8 Å². The second-order valence-electron chi connectivity index (χ2n) is 14.6. The Morgan fingerprint density at radius 3 is 2.27 bits per heavy atom. The first-order valence-corrected chi connectivity index (χ1v) is 24.0. The molecule has 0 spiro atoms. The van der Waals surface area contributed by atoms with E-state index in [1.807, 2.05) is 102 Å². The van der Waals surface area contributed by atoms with Gasteiger partial charge in [-0.05, 0) is 104 Å². The number of amidine groups is 1. The third kappa shape index (κ3) is 12.1. The molecule has 1 unspecified atom stereocenters. The van der Waals surface area contributed by atoms with Crippen LogP contribution in [0, 0.1) is 0 Å². The van der Waals surface area contributed by atoms with E-state index in [0.717, 1.165) is 39.6 Å². The molecule has 1 heterocycles. The highest BCUT2D eigenvalue weighted by molar-refractivity contribution is 7.99. The molecule has 4 N–H and O–H groups in total. The molecular formula is C44H46ClF3N6O5S3. The molecule has 0 saturated heterocycles. The summed E-state index contributed by atoms with van der Waals surface area (Å²) in [6, 6.07) is 32.8. The molecule has 0 radical (unpaired) electrons. The van der Waals surface area contributed by atoms with Crippen molar-refractivity contribution in [1.29, 1.82) is 0 Å². The van der Waals surface area contributed by atoms with Gasteiger partial charge < -0.3 is 20.9 Å². The lowest BCUT2D eigenvalue weighted by Crippen LogP contribution is -2.34. The molecule has 11 nitrogen and oxygen atoms in total. The first-order chi connectivity index (χ1) is 29.5. The van der Waals surface area contributed by atoms with Gasteiger partial charge in [0, 0.05) is 65.7 Å². The lowest BCUT2D eigenvalue weighted by Gasteiger charge is -2.26. The Labute approximate surface area is 369 Å². The molecule has 18 heteroatoms. The molecule has 0 aromatic heterocycles. The van der Waals surface area contributed by atoms with E-state index >= 15 is 0 Å². The number of alkyl halides is 3. The van der Waals surface area contributed by atoms with Crippen LogP contribution < -0.4 is 20.7 Å². The Balaban J connectivity index is 1.10. The summed E-state index contributed by atoms with van der Waals surface area (Å²) in [5.41, 5.74) is -2.33. The lowest BCUT2D eigenvalue weighted by molar-refractivity contribution is -0.0435. The number of rotatable bonds is 19. The largest absolute Gasteiger partial charge is 0.501 e. The van der Waals surface area contributed by atoms with E-state index in [1.54, 1.807) is 12.1 Å². The molecule has 0 aliphatic carbocycles. The van der Waals surface area contributed by atoms with Crippen molar-refractivity contribution in [3.8, 4) is 11.1 Å². The van der Waals surface area contributed by atoms with Gasteiger partial charge in [0.1, 0.15) is 4.90 Å². The normalized spacial score (nSPS) is 14.9. The van der Waals surface area contributed by atoms with Crippen molar-refractivity contribution in [1.82, 2.24) is 14.9 Å². The number of hydrogen-bond donors (Lipinski definition) is 4. The van der Waals surface area contributed by atoms with Crippen molar-refractivity contribution in [2.45, 2.75) is 59.1 Å². The number of anilines is 2. The third-order valence-corrected chi connectivity index (χ3v) is 14.3. The number of sulfone groups is 1. The molecule has 0 bridgehead atoms. The Morgan fingerprint density at radius 2 is 1.60 bits per heavy atom. The molecule has 5 aromatic carbocycles. The first-order valence-electron chi connectivity index (χ1n) is 19.6. The fourth-order valence-electron chi connectivity index (χ4n) is 6.81. The number of thioether (sulfide) groups is 1. The van der Waals surface area contributed by atoms with E-state index < -0.39 is 52.8 Å². The summed E-state index contributed by atoms with van der Waals surface area (Å²) in [6.07, 6.45) is 0.396. The molecule has 62 heavy (non-hydrogen) atoms. The summed E-state index contributed by atoms with van der Waals surface area (Å²) in [6.45, 7) is 6.72. The Bertz CT molecular complexity index is 2580. The minimum Gasteiger partial charge on any atom is -0.384 e. The average Bonchev–Trinajstić information content (AvgIpc) is 3.57. The maximum atomic E-state index is 14.1. The number of sulfonamides is 1. The monoisotopic (exact) mass is 926 g/mol. The highest BCUT2D eigenvalue weighted by atomic mass is 35.5. The van der Waals surface area contributed by atoms with Crippen LogP contribution in [0.2, 0.25) is 5.02 Å². The quantitative estimate of drug-likeness (QED) is 0.0468. The predicted molar refractivity (Wildman–Crippen MR) is 241 cm³/mol. The predicted octanol–water partition coefficient (Wildman–Crippen LogP) is 8.71. The number of hydrogen-bond acceptors (Lipinski definition) is 11. The molecule has 0 saturated carbocycles. The topological polar surface area (TPSA) is 149 Å². The molecule has 1 aliphatic rings. The van der Waals surface area contributed by atoms with Gasteiger partial charge in [-0.25, -0.2) is 21.6 Å². The summed E-state index contributed by atoms with van der Waals surface area (Å²) >= 11 is 7.49. The summed E-state index contributed by atoms with van der Waals surface area (Å²) in [5, 5.41) is 10.3. The minimum absolute atomic E-state index is 0.0519. The molecule has 1 aliphatic heterocycles. The van der Waals surface area contributed by atoms with Gasteiger partial charge in [-0.3, -0.25) is 9.79 Å². The summed E-state index contributed by atoms with van der Waals surface area (Å²) in [7, 11) is -10.9. The summed E-state index contributed by atoms with van der Waals surface area (Å²) in [4.78, 5) is 18.5. The Morgan fingerprint density at radius 1 is 0.903 bits per heavy atom. The van der Waals surface area contributed by atoms with Crippen LogP contribution in [0.15, 0.2) is 141 Å². The van der Waals surface area contributed by atoms with E-state index in [-0.39, 0.29) is 11.6 Å². The van der Waals surface area contributed by atoms with Crippen LogP contribution in [-0.4, -0.2) is 83.0 Å². The van der Waals surface area contributed by atoms with E-state index in [0.29, 0.717) is 61.7 Å². The van der Waals surface area contributed by atoms with Crippen LogP contribution in [-0.2, 0) is 26.4 Å². The maximum Gasteiger partial charge on any atom is 0.501 e. The van der Waals surface area contributed by atoms with Crippen LogP contribution in [0.25, 0.3) is 11.1 Å². The number of carbonyl (C=O) groups is 1. The number of carbonyl (C=O) groups excluding carboxylic acids is 1. The second-order valence-corrected chi connectivity index (χ2v) is 19.7. The average molecular weight is 928 g/mol. The van der Waals surface area contributed by atoms with Crippen LogP contribution >= 0.6 is 23.4 Å². The molecule has 5 aromatic rings. The fourth-order valence-corrected chi connectivity index (χ4v) is 9.95. The standard InChI is InChI=1S/C44H46ClF3N6O5S3/c1-30-28-54(31(2)51-30)25-22-37(29-60-38-9-4-3-5-10-38)52-41-21-20-39(26-42(41)61(56,57)44(46,47)48)62(58,59)53-43(55)33-14-18-36(19-15-33)50-24-23-49-27-34-8-6-7-11-40(34)32-12-16-35(45)17-13-32/h3-21,26,30,37,49-50,52H,22-25,27-29H2,1-2H3,(H,53,55)/t30?,37-/m1/s1. The SMILES string of the molecule is CC1=NC(C)CN1CC[C@H](CSc1ccccc1)Nc1ccc(S(=O)(=O)NC(=O)c2ccc(NCCNCc3ccccc3-c3ccc(Cl)cc3)cc2)cc1S(=O)(=O)C(F)(F)F. The number of benzene rings is 5. The van der Waals surface area contributed by atoms with Crippen molar-refractivity contribution >= 4 is 66.3 Å². The van der Waals surface area contributed by atoms with Gasteiger partial charge in [0.05, 0.1) is 22.5 Å². The van der Waals surface area contributed by atoms with Crippen molar-refractivity contribution in [3.63, 3.8) is 0 Å². The Hall–Kier alpha value is -5.07. The zero-order chi connectivity index (χ0) is 44.5. The van der Waals surface area contributed by atoms with Crippen molar-refractivity contribution < 1.29 is 34.8 Å². The number of amides is 1. The highest BCUT2D eigenvalue weighted by Gasteiger charge is 2.48. The van der Waals surface area contributed by atoms with Gasteiger partial charge in [0.2, 0.25) is 0 Å². The third-order valence-electron chi connectivity index (χ3n) is 10.0. The van der Waals surface area contributed by atoms with Crippen LogP contribution in [0.5, 0.6) is 0 Å². The fraction of sp³-hybridized carbons (Fsp3) is 0.273. The number of nitrogens with one attached hydrogen (secondary N) is 4. The van der Waals surface area contributed by atoms with Gasteiger partial charge in [0.25, 0.3) is 25.8 Å². The number of halogens is 4. The van der Waals surface area contributed by atoms with Crippen LogP contribution in [0.3, 0.4) is 0 Å². The lowest BCUT2D eigenvalue weighted by atomic mass is 10.00. The van der Waals surface area contributed by atoms with Crippen LogP contribution in [0.1, 0.15) is 36.2 Å². The number of nitrogens with zero attached hydrogens (tertiary/aromatic N) is 2. The van der Waals surface area contributed by atoms with Gasteiger partial charge in [-0.15, -0.1) is 11.8 Å². The van der Waals surface area contributed by atoms with Crippen molar-refractivity contribution in [2.75, 3.05) is 42.6 Å². The van der Waals surface area contributed by atoms with Crippen molar-refractivity contribution in [3.05, 3.63) is 137 Å². The van der Waals surface area contributed by atoms with Crippen LogP contribution in [0.4, 0.5) is 24.5 Å². The molecule has 328 valence electrons. The van der Waals surface area contributed by atoms with Gasteiger partial charge >= 0.3 is 5.51 Å². The molecule has 1 amide bonds. The van der Waals surface area contributed by atoms with E-state index in [4.69, 9.17) is 11.6 Å². The van der Waals surface area contributed by atoms with Gasteiger partial charge in [-0.2, -0.15) is 13.2 Å². The van der Waals surface area contributed by atoms with E-state index in [1.165, 1.54) is 23.9 Å². The maximum absolute atomic E-state index is 14.1. The second kappa shape index (κ2) is 20.4. The van der Waals surface area contributed by atoms with Crippen molar-refractivity contribution in [2.24, 2.45) is 4.99 Å². The van der Waals surface area contributed by atoms with E-state index in [2.05, 4.69) is 20.9 Å². The number of aliphatic imine (C=N–C) groups is 1. The van der Waals surface area contributed by atoms with Gasteiger partial charge in [0.15, 0.2) is 0 Å². The zero-order valence-corrected chi connectivity index (χ0v) is 37.0. The summed E-state index contributed by atoms with van der Waals surface area (Å²) in [5.74, 6) is 0.106. The summed E-state index contributed by atoms with van der Waals surface area (Å²) < 4.78 is 97.2. The molecule has 6 rings (SSSR count). The highest BCUT2D eigenvalue weighted by Crippen LogP contribution is 2.37. The smallest absolute Gasteiger partial charge is 0.384 e. The molecule has 2 atom stereocenters. The first kappa shape index (κ1) is 46.4. The molecule has 0 fully saturated rings. The Kier molecular flexibility index (Phi) is 15.3.